The predicted molar refractivity (Wildman–Crippen MR) is 95.1 cm³/mol. The highest BCUT2D eigenvalue weighted by molar-refractivity contribution is 6.03. The fraction of sp³-hybridized carbons (Fsp3) is 0.0588. The van der Waals surface area contributed by atoms with E-state index < -0.39 is 0 Å². The topological polar surface area (TPSA) is 108 Å². The van der Waals surface area contributed by atoms with Gasteiger partial charge in [0, 0.05) is 10.9 Å². The second-order valence-electron chi connectivity index (χ2n) is 5.30. The number of phenols is 1. The molecule has 0 fully saturated rings. The highest BCUT2D eigenvalue weighted by Crippen LogP contribution is 2.25. The van der Waals surface area contributed by atoms with Gasteiger partial charge in [0.2, 0.25) is 0 Å². The van der Waals surface area contributed by atoms with Crippen molar-refractivity contribution in [2.45, 2.75) is 0 Å². The summed E-state index contributed by atoms with van der Waals surface area (Å²) < 4.78 is 5.00. The number of hydrogen-bond acceptors (Lipinski definition) is 7. The molecule has 0 aliphatic heterocycles. The van der Waals surface area contributed by atoms with Crippen LogP contribution >= 0.6 is 0 Å². The summed E-state index contributed by atoms with van der Waals surface area (Å²) >= 11 is 0. The molecule has 0 aliphatic rings. The molecule has 4 aromatic rings. The Morgan fingerprint density at radius 2 is 2.08 bits per heavy atom. The smallest absolute Gasteiger partial charge is 0.265 e. The van der Waals surface area contributed by atoms with Crippen LogP contribution in [0.3, 0.4) is 0 Å². The van der Waals surface area contributed by atoms with Crippen molar-refractivity contribution in [3.63, 3.8) is 0 Å². The van der Waals surface area contributed by atoms with E-state index in [0.29, 0.717) is 22.5 Å². The summed E-state index contributed by atoms with van der Waals surface area (Å²) in [6.07, 6.45) is 1.54. The Hall–Kier alpha value is -3.68. The molecule has 0 saturated heterocycles. The largest absolute Gasteiger partial charge is 0.504 e. The highest BCUT2D eigenvalue weighted by Gasteiger charge is 2.08. The van der Waals surface area contributed by atoms with E-state index in [4.69, 9.17) is 4.74 Å². The van der Waals surface area contributed by atoms with Gasteiger partial charge >= 0.3 is 0 Å². The van der Waals surface area contributed by atoms with Crippen LogP contribution in [-0.4, -0.2) is 38.6 Å². The normalized spacial score (nSPS) is 11.4. The molecule has 8 heteroatoms. The Balaban J connectivity index is 1.56. The van der Waals surface area contributed by atoms with Crippen LogP contribution in [0.25, 0.3) is 22.1 Å². The van der Waals surface area contributed by atoms with Gasteiger partial charge in [-0.05, 0) is 29.8 Å². The summed E-state index contributed by atoms with van der Waals surface area (Å²) in [7, 11) is 1.49. The number of rotatable bonds is 4. The van der Waals surface area contributed by atoms with Crippen LogP contribution in [0.1, 0.15) is 5.56 Å². The maximum Gasteiger partial charge on any atom is 0.265 e. The molecule has 2 aromatic heterocycles. The van der Waals surface area contributed by atoms with Crippen LogP contribution in [0.15, 0.2) is 47.6 Å². The summed E-state index contributed by atoms with van der Waals surface area (Å²) in [6, 6.07) is 12.8. The van der Waals surface area contributed by atoms with Crippen molar-refractivity contribution < 1.29 is 9.84 Å². The fourth-order valence-corrected chi connectivity index (χ4v) is 2.52. The number of para-hydroxylation sites is 1. The first kappa shape index (κ1) is 14.9. The molecule has 0 spiro atoms. The second kappa shape index (κ2) is 6.08. The van der Waals surface area contributed by atoms with Gasteiger partial charge in [-0.25, -0.2) is 5.43 Å². The Bertz CT molecular complexity index is 1090. The van der Waals surface area contributed by atoms with Gasteiger partial charge in [0.1, 0.15) is 5.52 Å². The summed E-state index contributed by atoms with van der Waals surface area (Å²) in [5.74, 6) is 0.721. The molecule has 2 heterocycles. The van der Waals surface area contributed by atoms with Crippen molar-refractivity contribution in [2.24, 2.45) is 5.10 Å². The summed E-state index contributed by atoms with van der Waals surface area (Å²) in [5, 5.41) is 23.0. The lowest BCUT2D eigenvalue weighted by Crippen LogP contribution is -1.99. The molecule has 0 radical (unpaired) electrons. The molecular formula is C17H14N6O2. The zero-order valence-electron chi connectivity index (χ0n) is 13.3. The van der Waals surface area contributed by atoms with Crippen molar-refractivity contribution in [3.05, 3.63) is 48.0 Å². The third-order valence-electron chi connectivity index (χ3n) is 3.70. The Morgan fingerprint density at radius 3 is 2.92 bits per heavy atom. The number of nitrogens with one attached hydrogen (secondary N) is 2. The lowest BCUT2D eigenvalue weighted by atomic mass is 10.2. The number of fused-ring (bicyclic) bond motifs is 3. The molecule has 0 saturated carbocycles. The Morgan fingerprint density at radius 1 is 1.20 bits per heavy atom. The zero-order valence-corrected chi connectivity index (χ0v) is 13.3. The first-order valence-electron chi connectivity index (χ1n) is 7.52. The molecular weight excluding hydrogens is 320 g/mol. The van der Waals surface area contributed by atoms with Crippen LogP contribution in [-0.2, 0) is 0 Å². The molecule has 0 atom stereocenters. The Labute approximate surface area is 142 Å². The zero-order chi connectivity index (χ0) is 17.2. The van der Waals surface area contributed by atoms with E-state index in [-0.39, 0.29) is 11.7 Å². The number of anilines is 1. The third kappa shape index (κ3) is 2.80. The summed E-state index contributed by atoms with van der Waals surface area (Å²) in [5.41, 5.74) is 5.73. The third-order valence-corrected chi connectivity index (χ3v) is 3.70. The van der Waals surface area contributed by atoms with Crippen molar-refractivity contribution in [1.82, 2.24) is 20.2 Å². The quantitative estimate of drug-likeness (QED) is 0.391. The van der Waals surface area contributed by atoms with Gasteiger partial charge in [0.15, 0.2) is 17.1 Å². The fourth-order valence-electron chi connectivity index (χ4n) is 2.52. The average molecular weight is 334 g/mol. The van der Waals surface area contributed by atoms with Crippen LogP contribution in [0.5, 0.6) is 11.5 Å². The maximum atomic E-state index is 9.75. The number of aromatic nitrogens is 4. The van der Waals surface area contributed by atoms with Crippen LogP contribution in [0.2, 0.25) is 0 Å². The van der Waals surface area contributed by atoms with Gasteiger partial charge in [-0.3, -0.25) is 0 Å². The number of ether oxygens (including phenoxy) is 1. The van der Waals surface area contributed by atoms with E-state index in [1.807, 2.05) is 24.3 Å². The molecule has 3 N–H and O–H groups in total. The highest BCUT2D eigenvalue weighted by atomic mass is 16.5. The van der Waals surface area contributed by atoms with E-state index in [2.05, 4.69) is 30.7 Å². The summed E-state index contributed by atoms with van der Waals surface area (Å²) in [6.45, 7) is 0. The standard InChI is InChI=1S/C17H14N6O2/c1-25-14-7-6-10(8-13(14)24)9-18-22-17-20-16-15(21-23-17)11-4-2-3-5-12(11)19-16/h2-9,24H,1H3,(H2,19,20,22,23)/b18-9+. The number of H-pyrrole nitrogens is 1. The SMILES string of the molecule is COc1ccc(/C=N/Nc2nnc3c(n2)[nH]c2ccccc23)cc1O. The van der Waals surface area contributed by atoms with Gasteiger partial charge in [-0.2, -0.15) is 10.1 Å². The first-order valence-corrected chi connectivity index (χ1v) is 7.52. The second-order valence-corrected chi connectivity index (χ2v) is 5.30. The molecule has 2 aromatic carbocycles. The van der Waals surface area contributed by atoms with E-state index in [0.717, 1.165) is 10.9 Å². The van der Waals surface area contributed by atoms with Crippen molar-refractivity contribution in [3.8, 4) is 11.5 Å². The van der Waals surface area contributed by atoms with Crippen molar-refractivity contribution in [2.75, 3.05) is 12.5 Å². The number of hydrogen-bond donors (Lipinski definition) is 3. The number of nitrogens with zero attached hydrogens (tertiary/aromatic N) is 4. The van der Waals surface area contributed by atoms with Crippen LogP contribution < -0.4 is 10.2 Å². The minimum atomic E-state index is 0.0452. The van der Waals surface area contributed by atoms with E-state index in [1.165, 1.54) is 13.3 Å². The molecule has 4 rings (SSSR count). The van der Waals surface area contributed by atoms with E-state index in [9.17, 15) is 5.11 Å². The minimum Gasteiger partial charge on any atom is -0.504 e. The number of benzene rings is 2. The lowest BCUT2D eigenvalue weighted by Gasteiger charge is -2.03. The number of phenolic OH excluding ortho intramolecular Hbond substituents is 1. The van der Waals surface area contributed by atoms with Gasteiger partial charge in [-0.15, -0.1) is 10.2 Å². The summed E-state index contributed by atoms with van der Waals surface area (Å²) in [4.78, 5) is 7.56. The molecule has 0 aliphatic carbocycles. The number of methoxy groups -OCH3 is 1. The molecule has 0 amide bonds. The minimum absolute atomic E-state index is 0.0452. The van der Waals surface area contributed by atoms with Crippen LogP contribution in [0.4, 0.5) is 5.95 Å². The average Bonchev–Trinajstić information content (AvgIpc) is 2.99. The molecule has 8 nitrogen and oxygen atoms in total. The molecule has 25 heavy (non-hydrogen) atoms. The van der Waals surface area contributed by atoms with Crippen LogP contribution in [0, 0.1) is 0 Å². The van der Waals surface area contributed by atoms with Gasteiger partial charge in [-0.1, -0.05) is 18.2 Å². The number of hydrazone groups is 1. The van der Waals surface area contributed by atoms with Crippen molar-refractivity contribution in [1.29, 1.82) is 0 Å². The predicted octanol–water partition coefficient (Wildman–Crippen LogP) is 2.67. The van der Waals surface area contributed by atoms with Crippen molar-refractivity contribution >= 4 is 34.2 Å². The van der Waals surface area contributed by atoms with Gasteiger partial charge in [0.05, 0.1) is 13.3 Å². The lowest BCUT2D eigenvalue weighted by molar-refractivity contribution is 0.373. The van der Waals surface area contributed by atoms with E-state index >= 15 is 0 Å². The number of aromatic amines is 1. The number of aromatic hydroxyl groups is 1. The first-order chi connectivity index (χ1) is 12.2. The maximum absolute atomic E-state index is 9.75. The van der Waals surface area contributed by atoms with E-state index in [1.54, 1.807) is 18.2 Å². The monoisotopic (exact) mass is 334 g/mol. The Kier molecular flexibility index (Phi) is 3.62. The van der Waals surface area contributed by atoms with Gasteiger partial charge in [0.25, 0.3) is 5.95 Å². The van der Waals surface area contributed by atoms with Gasteiger partial charge < -0.3 is 14.8 Å². The molecule has 0 unspecified atom stereocenters. The molecule has 124 valence electrons. The molecule has 0 bridgehead atoms.